The molecule has 0 atom stereocenters. The van der Waals surface area contributed by atoms with Gasteiger partial charge in [-0.1, -0.05) is 0 Å². The number of amides is 1. The summed E-state index contributed by atoms with van der Waals surface area (Å²) in [6.07, 6.45) is 4.10. The molecule has 1 amide bonds. The molecule has 5 nitrogen and oxygen atoms in total. The lowest BCUT2D eigenvalue weighted by molar-refractivity contribution is -0.132. The average molecular weight is 306 g/mol. The van der Waals surface area contributed by atoms with Crippen LogP contribution in [0.2, 0.25) is 0 Å². The van der Waals surface area contributed by atoms with Crippen LogP contribution in [-0.2, 0) is 16.0 Å². The molecule has 1 fully saturated rings. The molecule has 0 saturated carbocycles. The Balaban J connectivity index is 1.58. The van der Waals surface area contributed by atoms with E-state index in [4.69, 9.17) is 9.15 Å². The van der Waals surface area contributed by atoms with Gasteiger partial charge in [-0.2, -0.15) is 0 Å². The first kappa shape index (κ1) is 14.3. The minimum atomic E-state index is 0.140. The van der Waals surface area contributed by atoms with Crippen molar-refractivity contribution >= 4 is 17.2 Å². The Morgan fingerprint density at radius 3 is 3.00 bits per heavy atom. The van der Waals surface area contributed by atoms with E-state index in [1.165, 1.54) is 11.3 Å². The van der Waals surface area contributed by atoms with Gasteiger partial charge >= 0.3 is 0 Å². The second kappa shape index (κ2) is 6.41. The number of hydrogen-bond acceptors (Lipinski definition) is 5. The van der Waals surface area contributed by atoms with Gasteiger partial charge in [-0.25, -0.2) is 4.98 Å². The zero-order chi connectivity index (χ0) is 14.7. The Hall–Kier alpha value is -1.66. The number of furan rings is 1. The molecule has 1 aliphatic heterocycles. The molecule has 3 heterocycles. The van der Waals surface area contributed by atoms with Crippen LogP contribution in [0.5, 0.6) is 0 Å². The Labute approximate surface area is 127 Å². The second-order valence-electron chi connectivity index (χ2n) is 5.11. The summed E-state index contributed by atoms with van der Waals surface area (Å²) in [5.74, 6) is 0.889. The number of hydrogen-bond donors (Lipinski definition) is 0. The van der Waals surface area contributed by atoms with Gasteiger partial charge < -0.3 is 14.1 Å². The van der Waals surface area contributed by atoms with Gasteiger partial charge in [0.05, 0.1) is 24.5 Å². The van der Waals surface area contributed by atoms with Crippen LogP contribution in [0.3, 0.4) is 0 Å². The maximum Gasteiger partial charge on any atom is 0.228 e. The van der Waals surface area contributed by atoms with Crippen molar-refractivity contribution in [2.24, 2.45) is 0 Å². The molecule has 112 valence electrons. The Morgan fingerprint density at radius 1 is 1.52 bits per heavy atom. The number of carbonyl (C=O) groups excluding carboxylic acids is 1. The van der Waals surface area contributed by atoms with Crippen molar-refractivity contribution < 1.29 is 13.9 Å². The van der Waals surface area contributed by atoms with E-state index in [-0.39, 0.29) is 5.91 Å². The van der Waals surface area contributed by atoms with E-state index in [0.717, 1.165) is 42.4 Å². The summed E-state index contributed by atoms with van der Waals surface area (Å²) in [6.45, 7) is 1.54. The molecule has 0 unspecified atom stereocenters. The standard InChI is InChI=1S/C15H18N2O3S/c1-19-12-4-6-17(7-5-12)14(18)9-11-10-21-15(16-11)13-3-2-8-20-13/h2-3,8,10,12H,4-7,9H2,1H3. The summed E-state index contributed by atoms with van der Waals surface area (Å²) in [5, 5.41) is 2.75. The van der Waals surface area contributed by atoms with E-state index in [9.17, 15) is 4.79 Å². The first-order valence-corrected chi connectivity index (χ1v) is 7.93. The van der Waals surface area contributed by atoms with E-state index in [1.54, 1.807) is 13.4 Å². The first-order chi connectivity index (χ1) is 10.3. The fourth-order valence-electron chi connectivity index (χ4n) is 2.51. The predicted octanol–water partition coefficient (Wildman–Crippen LogP) is 2.58. The minimum absolute atomic E-state index is 0.140. The first-order valence-electron chi connectivity index (χ1n) is 7.05. The zero-order valence-electron chi connectivity index (χ0n) is 11.9. The highest BCUT2D eigenvalue weighted by molar-refractivity contribution is 7.13. The van der Waals surface area contributed by atoms with Crippen molar-refractivity contribution in [1.29, 1.82) is 0 Å². The van der Waals surface area contributed by atoms with Crippen LogP contribution < -0.4 is 0 Å². The minimum Gasteiger partial charge on any atom is -0.462 e. The normalized spacial score (nSPS) is 16.3. The Bertz CT molecular complexity index is 586. The van der Waals surface area contributed by atoms with E-state index in [0.29, 0.717) is 12.5 Å². The summed E-state index contributed by atoms with van der Waals surface area (Å²) in [4.78, 5) is 18.7. The lowest BCUT2D eigenvalue weighted by Gasteiger charge is -2.31. The lowest BCUT2D eigenvalue weighted by atomic mass is 10.1. The van der Waals surface area contributed by atoms with Crippen molar-refractivity contribution in [2.75, 3.05) is 20.2 Å². The van der Waals surface area contributed by atoms with Crippen LogP contribution in [0.1, 0.15) is 18.5 Å². The molecular formula is C15H18N2O3S. The smallest absolute Gasteiger partial charge is 0.228 e. The van der Waals surface area contributed by atoms with Gasteiger partial charge in [0.15, 0.2) is 10.8 Å². The average Bonchev–Trinajstić information content (AvgIpc) is 3.18. The van der Waals surface area contributed by atoms with Gasteiger partial charge in [0.2, 0.25) is 5.91 Å². The quantitative estimate of drug-likeness (QED) is 0.871. The van der Waals surface area contributed by atoms with Crippen LogP contribution in [0, 0.1) is 0 Å². The van der Waals surface area contributed by atoms with Crippen LogP contribution in [0.4, 0.5) is 0 Å². The van der Waals surface area contributed by atoms with Gasteiger partial charge in [-0.15, -0.1) is 11.3 Å². The maximum absolute atomic E-state index is 12.3. The largest absolute Gasteiger partial charge is 0.462 e. The molecule has 0 radical (unpaired) electrons. The van der Waals surface area contributed by atoms with Crippen LogP contribution in [0.25, 0.3) is 10.8 Å². The summed E-state index contributed by atoms with van der Waals surface area (Å²) >= 11 is 1.50. The third-order valence-corrected chi connectivity index (χ3v) is 4.65. The fourth-order valence-corrected chi connectivity index (χ4v) is 3.30. The maximum atomic E-state index is 12.3. The summed E-state index contributed by atoms with van der Waals surface area (Å²) < 4.78 is 10.6. The number of likely N-dealkylation sites (tertiary alicyclic amines) is 1. The predicted molar refractivity (Wildman–Crippen MR) is 80.1 cm³/mol. The summed E-state index contributed by atoms with van der Waals surface area (Å²) in [5.41, 5.74) is 0.810. The van der Waals surface area contributed by atoms with Crippen molar-refractivity contribution in [3.8, 4) is 10.8 Å². The number of piperidine rings is 1. The SMILES string of the molecule is COC1CCN(C(=O)Cc2csc(-c3ccco3)n2)CC1. The van der Waals surface area contributed by atoms with Crippen molar-refractivity contribution in [1.82, 2.24) is 9.88 Å². The molecule has 21 heavy (non-hydrogen) atoms. The van der Waals surface area contributed by atoms with Gasteiger partial charge in [-0.3, -0.25) is 4.79 Å². The molecule has 2 aromatic rings. The van der Waals surface area contributed by atoms with Crippen molar-refractivity contribution in [2.45, 2.75) is 25.4 Å². The molecule has 0 bridgehead atoms. The van der Waals surface area contributed by atoms with Crippen LogP contribution in [-0.4, -0.2) is 42.1 Å². The Morgan fingerprint density at radius 2 is 2.33 bits per heavy atom. The van der Waals surface area contributed by atoms with Gasteiger partial charge in [0, 0.05) is 25.6 Å². The van der Waals surface area contributed by atoms with E-state index in [1.807, 2.05) is 22.4 Å². The number of rotatable bonds is 4. The monoisotopic (exact) mass is 306 g/mol. The highest BCUT2D eigenvalue weighted by Gasteiger charge is 2.23. The second-order valence-corrected chi connectivity index (χ2v) is 5.97. The number of ether oxygens (including phenoxy) is 1. The number of aromatic nitrogens is 1. The zero-order valence-corrected chi connectivity index (χ0v) is 12.8. The van der Waals surface area contributed by atoms with E-state index in [2.05, 4.69) is 4.98 Å². The van der Waals surface area contributed by atoms with E-state index >= 15 is 0 Å². The molecule has 0 spiro atoms. The summed E-state index contributed by atoms with van der Waals surface area (Å²) in [7, 11) is 1.73. The number of methoxy groups -OCH3 is 1. The molecule has 0 aliphatic carbocycles. The fraction of sp³-hybridized carbons (Fsp3) is 0.467. The molecule has 3 rings (SSSR count). The molecule has 1 aliphatic rings. The molecular weight excluding hydrogens is 288 g/mol. The number of nitrogens with zero attached hydrogens (tertiary/aromatic N) is 2. The van der Waals surface area contributed by atoms with Gasteiger partial charge in [0.25, 0.3) is 0 Å². The van der Waals surface area contributed by atoms with Gasteiger partial charge in [0.1, 0.15) is 0 Å². The molecule has 0 aromatic carbocycles. The van der Waals surface area contributed by atoms with E-state index < -0.39 is 0 Å². The van der Waals surface area contributed by atoms with Crippen LogP contribution in [0.15, 0.2) is 28.2 Å². The number of thiazole rings is 1. The number of carbonyl (C=O) groups is 1. The summed E-state index contributed by atoms with van der Waals surface area (Å²) in [6, 6.07) is 3.71. The molecule has 6 heteroatoms. The van der Waals surface area contributed by atoms with Crippen LogP contribution >= 0.6 is 11.3 Å². The lowest BCUT2D eigenvalue weighted by Crippen LogP contribution is -2.41. The van der Waals surface area contributed by atoms with Gasteiger partial charge in [-0.05, 0) is 25.0 Å². The highest BCUT2D eigenvalue weighted by Crippen LogP contribution is 2.24. The molecule has 2 aromatic heterocycles. The molecule has 0 N–H and O–H groups in total. The van der Waals surface area contributed by atoms with Crippen molar-refractivity contribution in [3.63, 3.8) is 0 Å². The Kier molecular flexibility index (Phi) is 4.36. The van der Waals surface area contributed by atoms with Crippen molar-refractivity contribution in [3.05, 3.63) is 29.5 Å². The highest BCUT2D eigenvalue weighted by atomic mass is 32.1. The third-order valence-electron chi connectivity index (χ3n) is 3.74. The topological polar surface area (TPSA) is 55.6 Å². The molecule has 1 saturated heterocycles. The third kappa shape index (κ3) is 3.33.